The van der Waals surface area contributed by atoms with Crippen LogP contribution in [0.2, 0.25) is 0 Å². The van der Waals surface area contributed by atoms with Gasteiger partial charge in [0.1, 0.15) is 18.1 Å². The van der Waals surface area contributed by atoms with Crippen molar-refractivity contribution in [2.75, 3.05) is 24.1 Å². The number of carbonyl (C=O) groups is 1. The van der Waals surface area contributed by atoms with E-state index in [1.807, 2.05) is 26.0 Å². The van der Waals surface area contributed by atoms with Crippen LogP contribution in [0.25, 0.3) is 11.1 Å². The van der Waals surface area contributed by atoms with E-state index in [0.717, 1.165) is 28.5 Å². The van der Waals surface area contributed by atoms with E-state index in [1.54, 1.807) is 31.2 Å². The molecule has 3 rings (SSSR count). The Morgan fingerprint density at radius 2 is 1.65 bits per heavy atom. The second kappa shape index (κ2) is 11.6. The molecule has 0 saturated carbocycles. The number of benzene rings is 3. The number of aromatic carboxylic acids is 1. The molecule has 2 atom stereocenters. The predicted octanol–water partition coefficient (Wildman–Crippen LogP) is 3.84. The summed E-state index contributed by atoms with van der Waals surface area (Å²) in [6.45, 7) is 6.53. The van der Waals surface area contributed by atoms with E-state index >= 15 is 0 Å². The second-order valence-electron chi connectivity index (χ2n) is 9.00. The number of aliphatic hydroxyl groups is 1. The number of carboxylic acid groups (broad SMARTS) is 1. The lowest BCUT2D eigenvalue weighted by Gasteiger charge is -2.22. The number of carboxylic acids is 1. The Morgan fingerprint density at radius 3 is 2.22 bits per heavy atom. The first kappa shape index (κ1) is 28.0. The number of sulfonamides is 1. The molecule has 0 aliphatic rings. The Labute approximate surface area is 216 Å². The third kappa shape index (κ3) is 7.45. The third-order valence-electron chi connectivity index (χ3n) is 5.89. The average Bonchev–Trinajstić information content (AvgIpc) is 2.81. The molecule has 0 spiro atoms. The number of phenols is 1. The van der Waals surface area contributed by atoms with Crippen LogP contribution in [0.3, 0.4) is 0 Å². The molecule has 0 aliphatic heterocycles. The van der Waals surface area contributed by atoms with Gasteiger partial charge in [-0.15, -0.1) is 0 Å². The van der Waals surface area contributed by atoms with Crippen LogP contribution in [0, 0.1) is 13.8 Å². The minimum Gasteiger partial charge on any atom is -0.506 e. The molecule has 0 radical (unpaired) electrons. The van der Waals surface area contributed by atoms with Gasteiger partial charge in [-0.3, -0.25) is 4.72 Å². The number of aliphatic hydroxyl groups excluding tert-OH is 1. The van der Waals surface area contributed by atoms with E-state index in [9.17, 15) is 23.4 Å². The van der Waals surface area contributed by atoms with Gasteiger partial charge in [0.2, 0.25) is 10.0 Å². The average molecular weight is 529 g/mol. The van der Waals surface area contributed by atoms with Gasteiger partial charge in [-0.1, -0.05) is 18.2 Å². The third-order valence-corrected chi connectivity index (χ3v) is 6.49. The zero-order chi connectivity index (χ0) is 27.3. The van der Waals surface area contributed by atoms with E-state index in [4.69, 9.17) is 9.84 Å². The van der Waals surface area contributed by atoms with Gasteiger partial charge in [0.15, 0.2) is 0 Å². The summed E-state index contributed by atoms with van der Waals surface area (Å²) in [7, 11) is -3.58. The molecule has 0 bridgehead atoms. The molecular weight excluding hydrogens is 496 g/mol. The molecule has 0 amide bonds. The van der Waals surface area contributed by atoms with Crippen LogP contribution in [0.4, 0.5) is 5.69 Å². The SMILES string of the molecule is Cc1cc(OCCNC(C)C(O)c2ccc(O)c(NS(C)(=O)=O)c2)cc(C)c1-c1ccc(C(=O)O)cc1. The van der Waals surface area contributed by atoms with Gasteiger partial charge in [-0.2, -0.15) is 0 Å². The Bertz CT molecular complexity index is 1350. The topological polar surface area (TPSA) is 145 Å². The van der Waals surface area contributed by atoms with Crippen LogP contribution >= 0.6 is 0 Å². The van der Waals surface area contributed by atoms with Gasteiger partial charge in [0.25, 0.3) is 0 Å². The van der Waals surface area contributed by atoms with Crippen molar-refractivity contribution < 1.29 is 33.3 Å². The molecule has 37 heavy (non-hydrogen) atoms. The molecule has 0 heterocycles. The quantitative estimate of drug-likeness (QED) is 0.186. The Hall–Kier alpha value is -3.60. The van der Waals surface area contributed by atoms with Crippen LogP contribution in [-0.2, 0) is 10.0 Å². The lowest BCUT2D eigenvalue weighted by Crippen LogP contribution is -2.35. The molecule has 3 aromatic rings. The summed E-state index contributed by atoms with van der Waals surface area (Å²) in [6.07, 6.45) is 0.0337. The van der Waals surface area contributed by atoms with Crippen LogP contribution in [0.5, 0.6) is 11.5 Å². The van der Waals surface area contributed by atoms with E-state index in [0.29, 0.717) is 24.5 Å². The molecule has 9 nitrogen and oxygen atoms in total. The van der Waals surface area contributed by atoms with Crippen molar-refractivity contribution in [3.63, 3.8) is 0 Å². The van der Waals surface area contributed by atoms with E-state index in [2.05, 4.69) is 10.0 Å². The molecule has 198 valence electrons. The normalized spacial score (nSPS) is 13.1. The smallest absolute Gasteiger partial charge is 0.335 e. The first-order valence-electron chi connectivity index (χ1n) is 11.7. The standard InChI is InChI=1S/C27H32N2O7S/c1-16-13-22(14-17(2)25(16)19-5-7-20(8-6-19)27(32)33)36-12-11-28-18(3)26(31)21-9-10-24(30)23(15-21)29-37(4,34)35/h5-10,13-15,18,26,28-31H,11-12H2,1-4H3,(H,32,33). The number of hydrogen-bond donors (Lipinski definition) is 5. The van der Waals surface area contributed by atoms with E-state index in [1.165, 1.54) is 18.2 Å². The monoisotopic (exact) mass is 528 g/mol. The number of rotatable bonds is 11. The Balaban J connectivity index is 1.58. The molecule has 0 aliphatic carbocycles. The maximum atomic E-state index is 11.5. The summed E-state index contributed by atoms with van der Waals surface area (Å²) in [5.74, 6) is -0.494. The van der Waals surface area contributed by atoms with Crippen LogP contribution in [0.15, 0.2) is 54.6 Å². The summed E-state index contributed by atoms with van der Waals surface area (Å²) in [6, 6.07) is 14.5. The number of aryl methyl sites for hydroxylation is 2. The molecule has 0 fully saturated rings. The van der Waals surface area contributed by atoms with Gasteiger partial charge < -0.3 is 25.4 Å². The van der Waals surface area contributed by atoms with Crippen molar-refractivity contribution in [3.05, 3.63) is 76.9 Å². The molecule has 0 aromatic heterocycles. The maximum Gasteiger partial charge on any atom is 0.335 e. The van der Waals surface area contributed by atoms with Crippen LogP contribution < -0.4 is 14.8 Å². The van der Waals surface area contributed by atoms with E-state index in [-0.39, 0.29) is 23.0 Å². The zero-order valence-electron chi connectivity index (χ0n) is 21.1. The largest absolute Gasteiger partial charge is 0.506 e. The molecule has 5 N–H and O–H groups in total. The van der Waals surface area contributed by atoms with Crippen molar-refractivity contribution in [2.24, 2.45) is 0 Å². The second-order valence-corrected chi connectivity index (χ2v) is 10.7. The number of aromatic hydroxyl groups is 1. The number of phenolic OH excluding ortho intramolecular Hbond substituents is 1. The fourth-order valence-corrected chi connectivity index (χ4v) is 4.68. The van der Waals surface area contributed by atoms with Gasteiger partial charge >= 0.3 is 5.97 Å². The van der Waals surface area contributed by atoms with Crippen molar-refractivity contribution in [2.45, 2.75) is 32.9 Å². The molecule has 3 aromatic carbocycles. The van der Waals surface area contributed by atoms with Crippen LogP contribution in [0.1, 0.15) is 40.1 Å². The number of ether oxygens (including phenoxy) is 1. The highest BCUT2D eigenvalue weighted by Gasteiger charge is 2.18. The summed E-state index contributed by atoms with van der Waals surface area (Å²) in [5, 5.41) is 32.9. The number of hydrogen-bond acceptors (Lipinski definition) is 7. The first-order chi connectivity index (χ1) is 17.4. The maximum absolute atomic E-state index is 11.5. The minimum absolute atomic E-state index is 0.00148. The summed E-state index contributed by atoms with van der Waals surface area (Å²) in [5.41, 5.74) is 4.64. The highest BCUT2D eigenvalue weighted by Crippen LogP contribution is 2.32. The molecule has 0 saturated heterocycles. The minimum atomic E-state index is -3.58. The van der Waals surface area contributed by atoms with Gasteiger partial charge in [-0.05, 0) is 85.0 Å². The fourth-order valence-electron chi connectivity index (χ4n) is 4.12. The number of nitrogens with one attached hydrogen (secondary N) is 2. The molecular formula is C27H32N2O7S. The molecule has 2 unspecified atom stereocenters. The number of anilines is 1. The Morgan fingerprint density at radius 1 is 1.03 bits per heavy atom. The molecule has 10 heteroatoms. The lowest BCUT2D eigenvalue weighted by atomic mass is 9.95. The highest BCUT2D eigenvalue weighted by atomic mass is 32.2. The van der Waals surface area contributed by atoms with Crippen LogP contribution in [-0.4, -0.2) is 55.2 Å². The summed E-state index contributed by atoms with van der Waals surface area (Å²) in [4.78, 5) is 11.1. The predicted molar refractivity (Wildman–Crippen MR) is 143 cm³/mol. The van der Waals surface area contributed by atoms with Gasteiger partial charge in [0.05, 0.1) is 23.6 Å². The summed E-state index contributed by atoms with van der Waals surface area (Å²) >= 11 is 0. The highest BCUT2D eigenvalue weighted by molar-refractivity contribution is 7.92. The fraction of sp³-hybridized carbons (Fsp3) is 0.296. The van der Waals surface area contributed by atoms with Crippen molar-refractivity contribution >= 4 is 21.7 Å². The van der Waals surface area contributed by atoms with Crippen molar-refractivity contribution in [3.8, 4) is 22.6 Å². The first-order valence-corrected chi connectivity index (χ1v) is 13.5. The van der Waals surface area contributed by atoms with Crippen molar-refractivity contribution in [1.29, 1.82) is 0 Å². The summed E-state index contributed by atoms with van der Waals surface area (Å²) < 4.78 is 31.1. The zero-order valence-corrected chi connectivity index (χ0v) is 22.0. The lowest BCUT2D eigenvalue weighted by molar-refractivity contribution is 0.0697. The van der Waals surface area contributed by atoms with Crippen molar-refractivity contribution in [1.82, 2.24) is 5.32 Å². The van der Waals surface area contributed by atoms with Gasteiger partial charge in [0, 0.05) is 12.6 Å². The van der Waals surface area contributed by atoms with E-state index < -0.39 is 22.1 Å². The Kier molecular flexibility index (Phi) is 8.80. The van der Waals surface area contributed by atoms with Gasteiger partial charge in [-0.25, -0.2) is 13.2 Å².